The van der Waals surface area contributed by atoms with Crippen LogP contribution >= 0.6 is 0 Å². The number of carbonyl (C=O) groups is 2. The molecule has 3 N–H and O–H groups in total. The first kappa shape index (κ1) is 23.2. The van der Waals surface area contributed by atoms with Crippen molar-refractivity contribution in [2.45, 2.75) is 62.1 Å². The first-order chi connectivity index (χ1) is 19.1. The maximum atomic E-state index is 13.5. The Morgan fingerprint density at radius 1 is 1.15 bits per heavy atom. The van der Waals surface area contributed by atoms with Crippen molar-refractivity contribution in [2.75, 3.05) is 18.4 Å². The van der Waals surface area contributed by atoms with Gasteiger partial charge in [0.1, 0.15) is 17.6 Å². The molecule has 2 bridgehead atoms. The predicted octanol–water partition coefficient (Wildman–Crippen LogP) is 3.15. The number of carbonyl (C=O) groups excluding carboxylic acids is 2. The number of ether oxygens (including phenoxy) is 1. The van der Waals surface area contributed by atoms with Gasteiger partial charge in [-0.25, -0.2) is 0 Å². The number of hydrogen-bond acceptors (Lipinski definition) is 7. The molecule has 2 aliphatic heterocycles. The Hall–Kier alpha value is -3.72. The Morgan fingerprint density at radius 3 is 2.82 bits per heavy atom. The summed E-state index contributed by atoms with van der Waals surface area (Å²) in [4.78, 5) is 36.3. The molecule has 200 valence electrons. The zero-order valence-corrected chi connectivity index (χ0v) is 21.6. The number of likely N-dealkylation sites (tertiary alicyclic amines) is 1. The highest BCUT2D eigenvalue weighted by atomic mass is 16.5. The number of fused-ring (bicyclic) bond motifs is 1. The van der Waals surface area contributed by atoms with Gasteiger partial charge in [-0.3, -0.25) is 24.5 Å². The molecule has 3 heterocycles. The molecule has 0 unspecified atom stereocenters. The topological polar surface area (TPSA) is 117 Å². The number of anilines is 1. The van der Waals surface area contributed by atoms with Crippen molar-refractivity contribution in [1.29, 1.82) is 0 Å². The summed E-state index contributed by atoms with van der Waals surface area (Å²) in [5.74, 6) is 1.90. The highest BCUT2D eigenvalue weighted by Gasteiger charge is 2.66. The molecule has 1 aromatic heterocycles. The Morgan fingerprint density at radius 2 is 2.00 bits per heavy atom. The van der Waals surface area contributed by atoms with Gasteiger partial charge >= 0.3 is 0 Å². The molecule has 9 heteroatoms. The summed E-state index contributed by atoms with van der Waals surface area (Å²) in [7, 11) is 0. The highest BCUT2D eigenvalue weighted by molar-refractivity contribution is 5.97. The lowest BCUT2D eigenvalue weighted by molar-refractivity contribution is -0.105. The first-order valence-corrected chi connectivity index (χ1v) is 14.1. The van der Waals surface area contributed by atoms with E-state index in [9.17, 15) is 14.7 Å². The van der Waals surface area contributed by atoms with Gasteiger partial charge in [-0.1, -0.05) is 0 Å². The molecular formula is C30H31N5O4. The van der Waals surface area contributed by atoms with Gasteiger partial charge in [-0.15, -0.1) is 0 Å². The summed E-state index contributed by atoms with van der Waals surface area (Å²) in [5.41, 5.74) is 4.17. The quantitative estimate of drug-likeness (QED) is 0.424. The fourth-order valence-corrected chi connectivity index (χ4v) is 8.24. The van der Waals surface area contributed by atoms with Gasteiger partial charge in [0.15, 0.2) is 0 Å². The standard InChI is InChI=1S/C30H31N5O4/c36-15-33-23-13-25(37)18-12-24-19-4-6-21(34-29(38)17-3-5-20-22(11-17)32-9-8-31-20)28-30(19,26(18)27(23)39-28)7-10-35(24)14-16-1-2-16/h3,5,8-9,11,13,15-16,19,21,24,28,37H,1-2,4,6-7,10,12,14H2,(H,33,36)(H,34,38)/t19-,21+,24+,28-,30-/m0/s1. The average molecular weight is 526 g/mol. The first-order valence-electron chi connectivity index (χ1n) is 14.1. The summed E-state index contributed by atoms with van der Waals surface area (Å²) in [6.07, 6.45) is 9.74. The molecule has 2 aromatic carbocycles. The lowest BCUT2D eigenvalue weighted by Crippen LogP contribution is -2.69. The number of aromatic hydroxyl groups is 1. The molecule has 1 spiro atoms. The number of nitrogens with zero attached hydrogens (tertiary/aromatic N) is 3. The predicted molar refractivity (Wildman–Crippen MR) is 144 cm³/mol. The Kier molecular flexibility index (Phi) is 4.99. The molecule has 3 fully saturated rings. The summed E-state index contributed by atoms with van der Waals surface area (Å²) in [6, 6.07) is 7.16. The van der Waals surface area contributed by atoms with E-state index < -0.39 is 0 Å². The number of phenols is 1. The van der Waals surface area contributed by atoms with Crippen LogP contribution in [0.2, 0.25) is 0 Å². The zero-order valence-electron chi connectivity index (χ0n) is 21.6. The van der Waals surface area contributed by atoms with Crippen LogP contribution in [-0.2, 0) is 16.6 Å². The lowest BCUT2D eigenvalue weighted by atomic mass is 9.51. The second-order valence-electron chi connectivity index (χ2n) is 12.0. The number of aromatic nitrogens is 2. The second-order valence-corrected chi connectivity index (χ2v) is 12.0. The maximum Gasteiger partial charge on any atom is 0.251 e. The number of nitrogens with one attached hydrogen (secondary N) is 2. The lowest BCUT2D eigenvalue weighted by Gasteiger charge is -2.59. The van der Waals surface area contributed by atoms with E-state index in [0.29, 0.717) is 40.9 Å². The van der Waals surface area contributed by atoms with E-state index in [4.69, 9.17) is 4.74 Å². The summed E-state index contributed by atoms with van der Waals surface area (Å²) >= 11 is 0. The van der Waals surface area contributed by atoms with E-state index in [-0.39, 0.29) is 29.2 Å². The third-order valence-electron chi connectivity index (χ3n) is 10.0. The largest absolute Gasteiger partial charge is 0.508 e. The van der Waals surface area contributed by atoms with Gasteiger partial charge in [-0.2, -0.15) is 0 Å². The van der Waals surface area contributed by atoms with Crippen LogP contribution in [0, 0.1) is 11.8 Å². The zero-order chi connectivity index (χ0) is 26.3. The van der Waals surface area contributed by atoms with Crippen LogP contribution < -0.4 is 15.4 Å². The number of phenolic OH excluding ortho intramolecular Hbond substituents is 1. The van der Waals surface area contributed by atoms with Crippen molar-refractivity contribution < 1.29 is 19.4 Å². The minimum atomic E-state index is -0.309. The minimum Gasteiger partial charge on any atom is -0.508 e. The number of piperidine rings is 1. The van der Waals surface area contributed by atoms with Crippen LogP contribution in [0.3, 0.4) is 0 Å². The molecular weight excluding hydrogens is 494 g/mol. The summed E-state index contributed by atoms with van der Waals surface area (Å²) in [6.45, 7) is 2.11. The van der Waals surface area contributed by atoms with Crippen LogP contribution in [0.4, 0.5) is 5.69 Å². The van der Waals surface area contributed by atoms with Gasteiger partial charge in [-0.05, 0) is 75.1 Å². The smallest absolute Gasteiger partial charge is 0.251 e. The fraction of sp³-hybridized carbons (Fsp3) is 0.467. The number of hydrogen-bond donors (Lipinski definition) is 3. The van der Waals surface area contributed by atoms with E-state index in [1.807, 2.05) is 6.07 Å². The van der Waals surface area contributed by atoms with Crippen LogP contribution in [0.15, 0.2) is 36.7 Å². The molecule has 9 nitrogen and oxygen atoms in total. The minimum absolute atomic E-state index is 0.158. The van der Waals surface area contributed by atoms with Crippen molar-refractivity contribution in [2.24, 2.45) is 11.8 Å². The molecule has 0 radical (unpaired) electrons. The van der Waals surface area contributed by atoms with Crippen molar-refractivity contribution in [3.8, 4) is 11.5 Å². The Bertz CT molecular complexity index is 1520. The molecule has 5 atom stereocenters. The van der Waals surface area contributed by atoms with Crippen molar-refractivity contribution >= 4 is 29.0 Å². The third kappa shape index (κ3) is 3.35. The monoisotopic (exact) mass is 525 g/mol. The maximum absolute atomic E-state index is 13.5. The normalized spacial score (nSPS) is 30.4. The Balaban J connectivity index is 1.18. The van der Waals surface area contributed by atoms with Gasteiger partial charge in [0, 0.05) is 53.2 Å². The fourth-order valence-electron chi connectivity index (χ4n) is 8.24. The van der Waals surface area contributed by atoms with Crippen LogP contribution in [-0.4, -0.2) is 63.6 Å². The molecule has 3 aromatic rings. The summed E-state index contributed by atoms with van der Waals surface area (Å²) < 4.78 is 6.78. The SMILES string of the molecule is O=CNc1cc(O)c2c3c1O[C@H]1[C@H](NC(=O)c4ccc5nccnc5c4)CC[C@H]4[C@@H](C2)N(CC2CC2)CC[C@@]341. The average Bonchev–Trinajstić information content (AvgIpc) is 3.70. The summed E-state index contributed by atoms with van der Waals surface area (Å²) in [5, 5.41) is 17.2. The molecule has 3 aliphatic carbocycles. The number of benzene rings is 2. The Labute approximate surface area is 226 Å². The van der Waals surface area contributed by atoms with Crippen LogP contribution in [0.5, 0.6) is 11.5 Å². The molecule has 2 amide bonds. The molecule has 39 heavy (non-hydrogen) atoms. The van der Waals surface area contributed by atoms with E-state index in [1.54, 1.807) is 30.6 Å². The number of rotatable bonds is 6. The van der Waals surface area contributed by atoms with Gasteiger partial charge in [0.05, 0.1) is 22.8 Å². The van der Waals surface area contributed by atoms with Gasteiger partial charge in [0.2, 0.25) is 6.41 Å². The van der Waals surface area contributed by atoms with E-state index in [1.165, 1.54) is 12.8 Å². The van der Waals surface area contributed by atoms with E-state index >= 15 is 0 Å². The second kappa shape index (κ2) is 8.39. The van der Waals surface area contributed by atoms with Crippen molar-refractivity contribution in [3.05, 3.63) is 53.3 Å². The van der Waals surface area contributed by atoms with E-state index in [2.05, 4.69) is 25.5 Å². The van der Waals surface area contributed by atoms with Crippen molar-refractivity contribution in [1.82, 2.24) is 20.2 Å². The highest BCUT2D eigenvalue weighted by Crippen LogP contribution is 2.65. The van der Waals surface area contributed by atoms with Crippen molar-refractivity contribution in [3.63, 3.8) is 0 Å². The van der Waals surface area contributed by atoms with Gasteiger partial charge < -0.3 is 20.5 Å². The number of amides is 2. The third-order valence-corrected chi connectivity index (χ3v) is 10.0. The van der Waals surface area contributed by atoms with Gasteiger partial charge in [0.25, 0.3) is 5.91 Å². The molecule has 2 saturated carbocycles. The van der Waals surface area contributed by atoms with Crippen LogP contribution in [0.25, 0.3) is 11.0 Å². The molecule has 1 saturated heterocycles. The van der Waals surface area contributed by atoms with E-state index in [0.717, 1.165) is 61.3 Å². The van der Waals surface area contributed by atoms with Crippen LogP contribution in [0.1, 0.15) is 53.6 Å². The molecule has 8 rings (SSSR count). The molecule has 5 aliphatic rings.